The minimum atomic E-state index is -0.936. The minimum absolute atomic E-state index is 0.00912. The van der Waals surface area contributed by atoms with Crippen LogP contribution in [0.4, 0.5) is 4.39 Å². The zero-order valence-corrected chi connectivity index (χ0v) is 12.6. The molecule has 0 saturated carbocycles. The fraction of sp³-hybridized carbons (Fsp3) is 0.176. The average molecular weight is 330 g/mol. The molecule has 0 amide bonds. The molecule has 0 aliphatic heterocycles. The van der Waals surface area contributed by atoms with Gasteiger partial charge in [0.1, 0.15) is 24.3 Å². The molecule has 0 fully saturated rings. The quantitative estimate of drug-likeness (QED) is 0.749. The monoisotopic (exact) mass is 330 g/mol. The van der Waals surface area contributed by atoms with Crippen molar-refractivity contribution in [3.63, 3.8) is 0 Å². The van der Waals surface area contributed by atoms with Crippen LogP contribution < -0.4 is 10.5 Å². The van der Waals surface area contributed by atoms with Gasteiger partial charge in [0, 0.05) is 5.56 Å². The smallest absolute Gasteiger partial charge is 0.437 e. The van der Waals surface area contributed by atoms with Gasteiger partial charge in [-0.1, -0.05) is 18.2 Å². The summed E-state index contributed by atoms with van der Waals surface area (Å²) >= 11 is 0. The summed E-state index contributed by atoms with van der Waals surface area (Å²) in [6.07, 6.45) is -0.936. The molecule has 0 spiro atoms. The molecule has 6 nitrogen and oxygen atoms in total. The lowest BCUT2D eigenvalue weighted by Crippen LogP contribution is -2.29. The van der Waals surface area contributed by atoms with Gasteiger partial charge in [0.05, 0.1) is 6.54 Å². The van der Waals surface area contributed by atoms with Crippen LogP contribution in [0.2, 0.25) is 0 Å². The third kappa shape index (κ3) is 3.88. The summed E-state index contributed by atoms with van der Waals surface area (Å²) in [5.74, 6) is -0.408. The Hall–Kier alpha value is -2.93. The van der Waals surface area contributed by atoms with Crippen LogP contribution >= 0.6 is 0 Å². The van der Waals surface area contributed by atoms with E-state index < -0.39 is 17.7 Å². The molecule has 0 aliphatic carbocycles. The van der Waals surface area contributed by atoms with Gasteiger partial charge in [0.2, 0.25) is 5.89 Å². The second-order valence-corrected chi connectivity index (χ2v) is 5.14. The Labute approximate surface area is 136 Å². The Balaban J connectivity index is 1.65. The van der Waals surface area contributed by atoms with Crippen molar-refractivity contribution >= 4 is 0 Å². The molecule has 24 heavy (non-hydrogen) atoms. The molecule has 1 aromatic heterocycles. The van der Waals surface area contributed by atoms with Crippen LogP contribution in [-0.2, 0) is 6.54 Å². The maximum atomic E-state index is 12.9. The molecule has 0 aliphatic rings. The van der Waals surface area contributed by atoms with Crippen LogP contribution in [-0.4, -0.2) is 27.6 Å². The van der Waals surface area contributed by atoms with Gasteiger partial charge in [0.15, 0.2) is 0 Å². The van der Waals surface area contributed by atoms with Gasteiger partial charge >= 0.3 is 5.76 Å². The Bertz CT molecular complexity index is 843. The van der Waals surface area contributed by atoms with Gasteiger partial charge in [-0.3, -0.25) is 0 Å². The number of nitrogens with zero attached hydrogens (tertiary/aromatic N) is 2. The third-order valence-electron chi connectivity index (χ3n) is 3.27. The van der Waals surface area contributed by atoms with Gasteiger partial charge in [-0.15, -0.1) is 5.10 Å². The second-order valence-electron chi connectivity index (χ2n) is 5.14. The number of aliphatic hydroxyl groups excluding tert-OH is 1. The number of rotatable bonds is 6. The van der Waals surface area contributed by atoms with E-state index in [1.165, 1.54) is 24.3 Å². The van der Waals surface area contributed by atoms with Crippen molar-refractivity contribution in [2.45, 2.75) is 12.6 Å². The van der Waals surface area contributed by atoms with Crippen LogP contribution in [0.25, 0.3) is 11.5 Å². The lowest BCUT2D eigenvalue weighted by Gasteiger charge is -2.11. The summed E-state index contributed by atoms with van der Waals surface area (Å²) in [5, 5.41) is 14.0. The zero-order valence-electron chi connectivity index (χ0n) is 12.6. The highest BCUT2D eigenvalue weighted by Gasteiger charge is 2.14. The van der Waals surface area contributed by atoms with E-state index in [1.54, 1.807) is 12.1 Å². The number of ether oxygens (including phenoxy) is 1. The van der Waals surface area contributed by atoms with Gasteiger partial charge in [-0.05, 0) is 36.4 Å². The van der Waals surface area contributed by atoms with E-state index in [1.807, 2.05) is 18.2 Å². The molecule has 3 aromatic rings. The summed E-state index contributed by atoms with van der Waals surface area (Å²) < 4.78 is 24.4. The Morgan fingerprint density at radius 1 is 1.17 bits per heavy atom. The lowest BCUT2D eigenvalue weighted by atomic mass is 10.2. The molecule has 0 saturated heterocycles. The molecule has 7 heteroatoms. The van der Waals surface area contributed by atoms with Crippen LogP contribution in [0, 0.1) is 5.82 Å². The molecule has 1 heterocycles. The van der Waals surface area contributed by atoms with E-state index in [-0.39, 0.29) is 19.0 Å². The minimum Gasteiger partial charge on any atom is -0.491 e. The predicted molar refractivity (Wildman–Crippen MR) is 84.1 cm³/mol. The van der Waals surface area contributed by atoms with Crippen LogP contribution in [0.5, 0.6) is 5.75 Å². The van der Waals surface area contributed by atoms with Gasteiger partial charge in [-0.25, -0.2) is 9.18 Å². The topological polar surface area (TPSA) is 77.5 Å². The first-order chi connectivity index (χ1) is 11.6. The maximum absolute atomic E-state index is 12.9. The van der Waals surface area contributed by atoms with E-state index >= 15 is 0 Å². The van der Waals surface area contributed by atoms with Crippen molar-refractivity contribution in [1.82, 2.24) is 9.78 Å². The van der Waals surface area contributed by atoms with Crippen LogP contribution in [0.3, 0.4) is 0 Å². The lowest BCUT2D eigenvalue weighted by molar-refractivity contribution is 0.0875. The first-order valence-electron chi connectivity index (χ1n) is 7.31. The standard InChI is InChI=1S/C17H15FN2O4/c18-13-8-6-12(7-9-13)16-19-20(17(22)24-16)10-14(21)11-23-15-4-2-1-3-5-15/h1-9,14,21H,10-11H2/t14-/m0/s1. The summed E-state index contributed by atoms with van der Waals surface area (Å²) in [7, 11) is 0. The number of hydrogen-bond donors (Lipinski definition) is 1. The van der Waals surface area contributed by atoms with Gasteiger partial charge in [-0.2, -0.15) is 4.68 Å². The molecule has 1 N–H and O–H groups in total. The van der Waals surface area contributed by atoms with Crippen LogP contribution in [0.1, 0.15) is 0 Å². The highest BCUT2D eigenvalue weighted by Crippen LogP contribution is 2.15. The van der Waals surface area contributed by atoms with E-state index in [2.05, 4.69) is 5.10 Å². The Morgan fingerprint density at radius 3 is 2.58 bits per heavy atom. The van der Waals surface area contributed by atoms with Crippen molar-refractivity contribution < 1.29 is 18.7 Å². The fourth-order valence-corrected chi connectivity index (χ4v) is 2.09. The highest BCUT2D eigenvalue weighted by atomic mass is 19.1. The summed E-state index contributed by atoms with van der Waals surface area (Å²) in [6, 6.07) is 14.4. The Kier molecular flexibility index (Phi) is 4.72. The normalized spacial score (nSPS) is 12.1. The van der Waals surface area contributed by atoms with Crippen LogP contribution in [0.15, 0.2) is 63.8 Å². The summed E-state index contributed by atoms with van der Waals surface area (Å²) in [6.45, 7) is -0.0639. The largest absolute Gasteiger partial charge is 0.491 e. The number of hydrogen-bond acceptors (Lipinski definition) is 5. The van der Waals surface area contributed by atoms with Crippen molar-refractivity contribution in [3.8, 4) is 17.2 Å². The molecule has 0 bridgehead atoms. The Morgan fingerprint density at radius 2 is 1.88 bits per heavy atom. The predicted octanol–water partition coefficient (Wildman–Crippen LogP) is 2.08. The van der Waals surface area contributed by atoms with E-state index in [4.69, 9.17) is 9.15 Å². The van der Waals surface area contributed by atoms with Gasteiger partial charge < -0.3 is 14.3 Å². The maximum Gasteiger partial charge on any atom is 0.437 e. The second kappa shape index (κ2) is 7.10. The first-order valence-corrected chi connectivity index (χ1v) is 7.31. The fourth-order valence-electron chi connectivity index (χ4n) is 2.09. The van der Waals surface area contributed by atoms with Crippen molar-refractivity contribution in [2.75, 3.05) is 6.61 Å². The van der Waals surface area contributed by atoms with Gasteiger partial charge in [0.25, 0.3) is 0 Å². The SMILES string of the molecule is O=c1oc(-c2ccc(F)cc2)nn1C[C@H](O)COc1ccccc1. The van der Waals surface area contributed by atoms with E-state index in [9.17, 15) is 14.3 Å². The zero-order chi connectivity index (χ0) is 16.9. The highest BCUT2D eigenvalue weighted by molar-refractivity contribution is 5.51. The molecule has 0 radical (unpaired) electrons. The first kappa shape index (κ1) is 15.9. The van der Waals surface area contributed by atoms with E-state index in [0.29, 0.717) is 11.3 Å². The third-order valence-corrected chi connectivity index (χ3v) is 3.27. The molecule has 1 atom stereocenters. The average Bonchev–Trinajstić information content (AvgIpc) is 2.95. The number of para-hydroxylation sites is 1. The van der Waals surface area contributed by atoms with Crippen molar-refractivity contribution in [3.05, 3.63) is 71.0 Å². The number of benzene rings is 2. The molecule has 3 rings (SSSR count). The number of aliphatic hydroxyl groups is 1. The van der Waals surface area contributed by atoms with E-state index in [0.717, 1.165) is 4.68 Å². The van der Waals surface area contributed by atoms with Crippen molar-refractivity contribution in [2.24, 2.45) is 0 Å². The molecule has 124 valence electrons. The number of aromatic nitrogens is 2. The molecular formula is C17H15FN2O4. The van der Waals surface area contributed by atoms with Crippen molar-refractivity contribution in [1.29, 1.82) is 0 Å². The summed E-state index contributed by atoms with van der Waals surface area (Å²) in [4.78, 5) is 11.8. The number of halogens is 1. The summed E-state index contributed by atoms with van der Waals surface area (Å²) in [5.41, 5.74) is 0.474. The molecule has 0 unspecified atom stereocenters. The molecular weight excluding hydrogens is 315 g/mol. The molecule has 2 aromatic carbocycles.